The number of rotatable bonds is 5. The fourth-order valence-corrected chi connectivity index (χ4v) is 4.43. The van der Waals surface area contributed by atoms with Gasteiger partial charge in [0.1, 0.15) is 11.1 Å². The van der Waals surface area contributed by atoms with Gasteiger partial charge >= 0.3 is 0 Å². The largest absolute Gasteiger partial charge is 0.507 e. The molecule has 4 rings (SSSR count). The van der Waals surface area contributed by atoms with Crippen LogP contribution in [-0.2, 0) is 4.79 Å². The fraction of sp³-hybridized carbons (Fsp3) is 0.0833. The van der Waals surface area contributed by atoms with E-state index in [4.69, 9.17) is 4.74 Å². The van der Waals surface area contributed by atoms with Crippen molar-refractivity contribution in [3.63, 3.8) is 0 Å². The molecule has 1 aliphatic rings. The van der Waals surface area contributed by atoms with Crippen LogP contribution in [-0.4, -0.2) is 34.1 Å². The Morgan fingerprint density at radius 2 is 1.75 bits per heavy atom. The van der Waals surface area contributed by atoms with Crippen LogP contribution in [0.4, 0.5) is 0 Å². The van der Waals surface area contributed by atoms with Crippen molar-refractivity contribution in [3.8, 4) is 17.2 Å². The first kappa shape index (κ1) is 21.3. The topological polar surface area (TPSA) is 99.1 Å². The van der Waals surface area contributed by atoms with Crippen LogP contribution in [0.2, 0.25) is 0 Å². The summed E-state index contributed by atoms with van der Waals surface area (Å²) in [7, 11) is 1.43. The molecule has 0 spiro atoms. The van der Waals surface area contributed by atoms with Crippen molar-refractivity contribution >= 4 is 29.7 Å². The molecule has 1 heterocycles. The number of hydrazine groups is 1. The Kier molecular flexibility index (Phi) is 6.04. The first-order chi connectivity index (χ1) is 15.5. The quantitative estimate of drug-likeness (QED) is 0.509. The lowest BCUT2D eigenvalue weighted by atomic mass is 10.1. The zero-order chi connectivity index (χ0) is 22.7. The normalized spacial score (nSPS) is 16.9. The van der Waals surface area contributed by atoms with Gasteiger partial charge in [0.2, 0.25) is 0 Å². The van der Waals surface area contributed by atoms with Gasteiger partial charge in [-0.15, -0.1) is 0 Å². The molecule has 0 radical (unpaired) electrons. The van der Waals surface area contributed by atoms with Crippen LogP contribution in [0.25, 0.3) is 6.08 Å². The molecule has 32 heavy (non-hydrogen) atoms. The lowest BCUT2D eigenvalue weighted by molar-refractivity contribution is -0.128. The fourth-order valence-electron chi connectivity index (χ4n) is 3.25. The molecule has 1 unspecified atom stereocenters. The highest BCUT2D eigenvalue weighted by molar-refractivity contribution is 8.04. The van der Waals surface area contributed by atoms with E-state index < -0.39 is 11.3 Å². The van der Waals surface area contributed by atoms with Gasteiger partial charge in [0.05, 0.1) is 17.6 Å². The number of carbonyl (C=O) groups excluding carboxylic acids is 2. The van der Waals surface area contributed by atoms with Crippen molar-refractivity contribution in [1.29, 1.82) is 0 Å². The number of amides is 2. The lowest BCUT2D eigenvalue weighted by Gasteiger charge is -2.24. The first-order valence-electron chi connectivity index (χ1n) is 9.71. The second-order valence-corrected chi connectivity index (χ2v) is 8.08. The molecule has 0 bridgehead atoms. The van der Waals surface area contributed by atoms with Crippen LogP contribution in [0.5, 0.6) is 17.2 Å². The summed E-state index contributed by atoms with van der Waals surface area (Å²) in [6.45, 7) is 0. The molecule has 1 saturated heterocycles. The Hall–Kier alpha value is -3.91. The third kappa shape index (κ3) is 4.26. The molecule has 2 amide bonds. The van der Waals surface area contributed by atoms with Gasteiger partial charge < -0.3 is 14.9 Å². The lowest BCUT2D eigenvalue weighted by Crippen LogP contribution is -2.44. The number of benzene rings is 3. The smallest absolute Gasteiger partial charge is 0.280 e. The number of nitrogens with one attached hydrogen (secondary N) is 1. The maximum atomic E-state index is 13.2. The van der Waals surface area contributed by atoms with Crippen LogP contribution < -0.4 is 10.2 Å². The van der Waals surface area contributed by atoms with Gasteiger partial charge in [0, 0.05) is 0 Å². The van der Waals surface area contributed by atoms with E-state index in [2.05, 4.69) is 5.43 Å². The number of thioether (sulfide) groups is 1. The minimum absolute atomic E-state index is 0.0320. The number of methoxy groups -OCH3 is 1. The number of para-hydroxylation sites is 1. The van der Waals surface area contributed by atoms with E-state index in [1.54, 1.807) is 30.3 Å². The van der Waals surface area contributed by atoms with E-state index in [0.29, 0.717) is 10.5 Å². The minimum Gasteiger partial charge on any atom is -0.507 e. The molecule has 8 heteroatoms. The minimum atomic E-state index is -0.617. The molecule has 0 aromatic heterocycles. The van der Waals surface area contributed by atoms with Gasteiger partial charge in [0.15, 0.2) is 11.5 Å². The zero-order valence-electron chi connectivity index (χ0n) is 17.1. The highest BCUT2D eigenvalue weighted by atomic mass is 32.2. The number of phenols is 2. The molecule has 3 aromatic carbocycles. The molecular formula is C24H20N2O5S. The van der Waals surface area contributed by atoms with Gasteiger partial charge in [-0.25, -0.2) is 5.01 Å². The van der Waals surface area contributed by atoms with Crippen LogP contribution in [0.15, 0.2) is 77.7 Å². The Morgan fingerprint density at radius 3 is 2.47 bits per heavy atom. The maximum absolute atomic E-state index is 13.2. The summed E-state index contributed by atoms with van der Waals surface area (Å²) in [5, 5.41) is 20.6. The van der Waals surface area contributed by atoms with E-state index in [0.717, 1.165) is 5.56 Å². The van der Waals surface area contributed by atoms with Crippen LogP contribution >= 0.6 is 11.8 Å². The van der Waals surface area contributed by atoms with Crippen LogP contribution in [0.3, 0.4) is 0 Å². The third-order valence-corrected chi connectivity index (χ3v) is 6.11. The van der Waals surface area contributed by atoms with Crippen molar-refractivity contribution in [2.45, 2.75) is 5.37 Å². The number of hydrogen-bond donors (Lipinski definition) is 3. The molecule has 1 aliphatic heterocycles. The van der Waals surface area contributed by atoms with Crippen molar-refractivity contribution in [1.82, 2.24) is 10.4 Å². The van der Waals surface area contributed by atoms with Gasteiger partial charge in [-0.3, -0.25) is 15.0 Å². The van der Waals surface area contributed by atoms with Crippen molar-refractivity contribution < 1.29 is 24.5 Å². The molecule has 1 fully saturated rings. The summed E-state index contributed by atoms with van der Waals surface area (Å²) >= 11 is 1.26. The molecule has 7 nitrogen and oxygen atoms in total. The van der Waals surface area contributed by atoms with E-state index in [9.17, 15) is 19.8 Å². The Bertz CT molecular complexity index is 1200. The van der Waals surface area contributed by atoms with E-state index in [1.807, 2.05) is 30.3 Å². The van der Waals surface area contributed by atoms with E-state index >= 15 is 0 Å². The van der Waals surface area contributed by atoms with Gasteiger partial charge in [-0.1, -0.05) is 60.3 Å². The van der Waals surface area contributed by atoms with Crippen LogP contribution in [0.1, 0.15) is 26.9 Å². The number of carbonyl (C=O) groups is 2. The van der Waals surface area contributed by atoms with Crippen molar-refractivity contribution in [3.05, 3.63) is 94.4 Å². The standard InChI is InChI=1S/C24H20N2O5S/c1-31-20-14-16(11-12-19(20)28)24-26(25-22(29)17-9-5-6-10-18(17)27)23(30)21(32-24)13-15-7-3-2-4-8-15/h2-14,24,27-28H,1H3,(H,25,29)/b21-13+. The number of aromatic hydroxyl groups is 2. The number of hydrogen-bond acceptors (Lipinski definition) is 6. The summed E-state index contributed by atoms with van der Waals surface area (Å²) in [5.41, 5.74) is 4.16. The van der Waals surface area contributed by atoms with E-state index in [1.165, 1.54) is 42.1 Å². The summed E-state index contributed by atoms with van der Waals surface area (Å²) < 4.78 is 5.20. The summed E-state index contributed by atoms with van der Waals surface area (Å²) in [6.07, 6.45) is 1.75. The number of phenolic OH excluding ortho intramolecular Hbond substituents is 2. The van der Waals surface area contributed by atoms with Gasteiger partial charge in [0.25, 0.3) is 11.8 Å². The molecule has 3 N–H and O–H groups in total. The molecule has 0 saturated carbocycles. The van der Waals surface area contributed by atoms with Crippen molar-refractivity contribution in [2.75, 3.05) is 7.11 Å². The summed E-state index contributed by atoms with van der Waals surface area (Å²) in [6, 6.07) is 20.2. The van der Waals surface area contributed by atoms with E-state index in [-0.39, 0.29) is 28.7 Å². The van der Waals surface area contributed by atoms with Gasteiger partial charge in [-0.2, -0.15) is 0 Å². The Labute approximate surface area is 188 Å². The zero-order valence-corrected chi connectivity index (χ0v) is 17.9. The monoisotopic (exact) mass is 448 g/mol. The Morgan fingerprint density at radius 1 is 1.03 bits per heavy atom. The van der Waals surface area contributed by atoms with Crippen molar-refractivity contribution in [2.24, 2.45) is 0 Å². The maximum Gasteiger partial charge on any atom is 0.280 e. The molecule has 162 valence electrons. The second kappa shape index (κ2) is 9.07. The molecule has 3 aromatic rings. The average Bonchev–Trinajstić information content (AvgIpc) is 3.10. The van der Waals surface area contributed by atoms with Gasteiger partial charge in [-0.05, 0) is 41.5 Å². The van der Waals surface area contributed by atoms with Crippen LogP contribution in [0, 0.1) is 0 Å². The second-order valence-electron chi connectivity index (χ2n) is 6.95. The molecular weight excluding hydrogens is 428 g/mol. The third-order valence-electron chi connectivity index (χ3n) is 4.86. The molecule has 0 aliphatic carbocycles. The predicted molar refractivity (Wildman–Crippen MR) is 122 cm³/mol. The number of nitrogens with zero attached hydrogens (tertiary/aromatic N) is 1. The highest BCUT2D eigenvalue weighted by Gasteiger charge is 2.39. The predicted octanol–water partition coefficient (Wildman–Crippen LogP) is 4.07. The first-order valence-corrected chi connectivity index (χ1v) is 10.6. The summed E-state index contributed by atoms with van der Waals surface area (Å²) in [4.78, 5) is 26.5. The highest BCUT2D eigenvalue weighted by Crippen LogP contribution is 2.46. The number of ether oxygens (including phenoxy) is 1. The molecule has 1 atom stereocenters. The Balaban J connectivity index is 1.71. The average molecular weight is 449 g/mol. The SMILES string of the molecule is COc1cc(C2S/C(=C/c3ccccc3)C(=O)N2NC(=O)c2ccccc2O)ccc1O. The summed E-state index contributed by atoms with van der Waals surface area (Å²) in [5.74, 6) is -0.973.